The molecule has 0 spiro atoms. The Kier molecular flexibility index (Phi) is 5.11. The van der Waals surface area contributed by atoms with E-state index in [0.717, 1.165) is 23.7 Å². The summed E-state index contributed by atoms with van der Waals surface area (Å²) >= 11 is 0. The number of aromatic amines is 1. The number of rotatable bonds is 4. The number of hydrogen-bond acceptors (Lipinski definition) is 2. The molecule has 28 heavy (non-hydrogen) atoms. The first-order valence-corrected chi connectivity index (χ1v) is 9.80. The average Bonchev–Trinajstić information content (AvgIpc) is 3.19. The first-order valence-electron chi connectivity index (χ1n) is 9.80. The molecule has 0 aliphatic carbocycles. The van der Waals surface area contributed by atoms with Crippen molar-refractivity contribution in [1.29, 1.82) is 0 Å². The highest BCUT2D eigenvalue weighted by Crippen LogP contribution is 2.32. The van der Waals surface area contributed by atoms with E-state index in [0.29, 0.717) is 24.6 Å². The number of H-pyrrole nitrogens is 1. The molecule has 2 aromatic carbocycles. The van der Waals surface area contributed by atoms with Crippen LogP contribution in [0.15, 0.2) is 66.9 Å². The molecule has 1 fully saturated rings. The lowest BCUT2D eigenvalue weighted by atomic mass is 9.85. The average molecular weight is 372 g/mol. The van der Waals surface area contributed by atoms with Crippen LogP contribution in [0.1, 0.15) is 35.7 Å². The van der Waals surface area contributed by atoms with Crippen LogP contribution in [0.3, 0.4) is 0 Å². The van der Waals surface area contributed by atoms with Crippen molar-refractivity contribution >= 4 is 28.2 Å². The Morgan fingerprint density at radius 2 is 1.68 bits per heavy atom. The molecule has 4 rings (SSSR count). The Hall–Kier alpha value is -3.14. The van der Waals surface area contributed by atoms with Gasteiger partial charge in [0.2, 0.25) is 0 Å². The molecule has 2 heterocycles. The fourth-order valence-electron chi connectivity index (χ4n) is 4.18. The quantitative estimate of drug-likeness (QED) is 0.533. The Balaban J connectivity index is 1.45. The summed E-state index contributed by atoms with van der Waals surface area (Å²) in [5.74, 6) is -0.408. The van der Waals surface area contributed by atoms with Crippen LogP contribution in [-0.4, -0.2) is 34.7 Å². The van der Waals surface area contributed by atoms with Gasteiger partial charge < -0.3 is 9.88 Å². The van der Waals surface area contributed by atoms with Gasteiger partial charge in [0.25, 0.3) is 11.7 Å². The van der Waals surface area contributed by atoms with Gasteiger partial charge >= 0.3 is 0 Å². The van der Waals surface area contributed by atoms with E-state index in [1.807, 2.05) is 30.3 Å². The van der Waals surface area contributed by atoms with Gasteiger partial charge in [-0.1, -0.05) is 54.6 Å². The first kappa shape index (κ1) is 18.2. The molecule has 0 bridgehead atoms. The second kappa shape index (κ2) is 7.85. The van der Waals surface area contributed by atoms with Crippen LogP contribution < -0.4 is 0 Å². The number of fused-ring (bicyclic) bond motifs is 1. The van der Waals surface area contributed by atoms with Gasteiger partial charge in [-0.2, -0.15) is 0 Å². The molecule has 4 nitrogen and oxygen atoms in total. The molecule has 1 aliphatic heterocycles. The number of nitrogens with one attached hydrogen (secondary N) is 1. The zero-order valence-corrected chi connectivity index (χ0v) is 16.0. The molecule has 0 atom stereocenters. The van der Waals surface area contributed by atoms with Gasteiger partial charge in [-0.25, -0.2) is 0 Å². The van der Waals surface area contributed by atoms with Crippen molar-refractivity contribution < 1.29 is 9.59 Å². The van der Waals surface area contributed by atoms with Crippen LogP contribution in [-0.2, 0) is 4.79 Å². The van der Waals surface area contributed by atoms with E-state index in [4.69, 9.17) is 0 Å². The number of piperidine rings is 1. The van der Waals surface area contributed by atoms with Gasteiger partial charge in [-0.3, -0.25) is 9.59 Å². The summed E-state index contributed by atoms with van der Waals surface area (Å²) in [4.78, 5) is 30.4. The minimum absolute atomic E-state index is 0.398. The summed E-state index contributed by atoms with van der Waals surface area (Å²) < 4.78 is 0. The fourth-order valence-corrected chi connectivity index (χ4v) is 4.18. The Labute approximate surface area is 164 Å². The lowest BCUT2D eigenvalue weighted by Crippen LogP contribution is -2.42. The number of aromatic nitrogens is 1. The van der Waals surface area contributed by atoms with Crippen molar-refractivity contribution in [3.8, 4) is 0 Å². The summed E-state index contributed by atoms with van der Waals surface area (Å²) in [6.45, 7) is 3.30. The smallest absolute Gasteiger partial charge is 0.295 e. The van der Waals surface area contributed by atoms with Crippen molar-refractivity contribution in [2.24, 2.45) is 5.92 Å². The van der Waals surface area contributed by atoms with Gasteiger partial charge in [0.05, 0.1) is 5.56 Å². The maximum atomic E-state index is 12.8. The van der Waals surface area contributed by atoms with E-state index in [-0.39, 0.29) is 0 Å². The molecule has 1 aliphatic rings. The standard InChI is InChI=1S/C24H24N2O2/c1-2-19(17-8-4-3-5-9-17)18-12-14-26(15-13-18)24(28)23(27)21-16-25-22-11-7-6-10-20(21)22/h2-11,16,18,25H,12-15H2,1H3. The highest BCUT2D eigenvalue weighted by atomic mass is 16.2. The highest BCUT2D eigenvalue weighted by Gasteiger charge is 2.30. The zero-order valence-electron chi connectivity index (χ0n) is 16.0. The molecule has 4 heteroatoms. The van der Waals surface area contributed by atoms with E-state index >= 15 is 0 Å². The lowest BCUT2D eigenvalue weighted by molar-refractivity contribution is -0.127. The topological polar surface area (TPSA) is 53.2 Å². The number of likely N-dealkylation sites (tertiary alicyclic amines) is 1. The summed E-state index contributed by atoms with van der Waals surface area (Å²) in [5, 5.41) is 0.802. The molecule has 142 valence electrons. The summed E-state index contributed by atoms with van der Waals surface area (Å²) in [6, 6.07) is 18.0. The number of hydrogen-bond donors (Lipinski definition) is 1. The Morgan fingerprint density at radius 3 is 2.39 bits per heavy atom. The van der Waals surface area contributed by atoms with E-state index in [1.54, 1.807) is 11.1 Å². The van der Waals surface area contributed by atoms with Crippen LogP contribution in [0.4, 0.5) is 0 Å². The molecule has 0 unspecified atom stereocenters. The molecule has 1 saturated heterocycles. The molecule has 0 radical (unpaired) electrons. The summed E-state index contributed by atoms with van der Waals surface area (Å²) in [5.41, 5.74) is 3.90. The summed E-state index contributed by atoms with van der Waals surface area (Å²) in [6.07, 6.45) is 5.57. The van der Waals surface area contributed by atoms with E-state index < -0.39 is 11.7 Å². The lowest BCUT2D eigenvalue weighted by Gasteiger charge is -2.33. The highest BCUT2D eigenvalue weighted by molar-refractivity contribution is 6.44. The second-order valence-electron chi connectivity index (χ2n) is 7.25. The fraction of sp³-hybridized carbons (Fsp3) is 0.250. The zero-order chi connectivity index (χ0) is 19.5. The van der Waals surface area contributed by atoms with Crippen molar-refractivity contribution in [2.75, 3.05) is 13.1 Å². The number of carbonyl (C=O) groups excluding carboxylic acids is 2. The minimum Gasteiger partial charge on any atom is -0.360 e. The predicted octanol–water partition coefficient (Wildman–Crippen LogP) is 4.69. The van der Waals surface area contributed by atoms with E-state index in [2.05, 4.69) is 42.2 Å². The SMILES string of the molecule is CC=C(c1ccccc1)C1CCN(C(=O)C(=O)c2c[nH]c3ccccc23)CC1. The van der Waals surface area contributed by atoms with Crippen molar-refractivity contribution in [2.45, 2.75) is 19.8 Å². The molecular formula is C24H24N2O2. The summed E-state index contributed by atoms with van der Waals surface area (Å²) in [7, 11) is 0. The van der Waals surface area contributed by atoms with Crippen molar-refractivity contribution in [1.82, 2.24) is 9.88 Å². The Morgan fingerprint density at radius 1 is 1.00 bits per heavy atom. The molecule has 1 aromatic heterocycles. The molecule has 1 N–H and O–H groups in total. The number of nitrogens with zero attached hydrogens (tertiary/aromatic N) is 1. The Bertz CT molecular complexity index is 1020. The largest absolute Gasteiger partial charge is 0.360 e. The number of benzene rings is 2. The normalized spacial score (nSPS) is 15.8. The minimum atomic E-state index is -0.426. The van der Waals surface area contributed by atoms with E-state index in [1.165, 1.54) is 11.1 Å². The number of amides is 1. The number of para-hydroxylation sites is 1. The third-order valence-electron chi connectivity index (χ3n) is 5.67. The second-order valence-corrected chi connectivity index (χ2v) is 7.25. The van der Waals surface area contributed by atoms with Crippen LogP contribution >= 0.6 is 0 Å². The molecule has 1 amide bonds. The predicted molar refractivity (Wildman–Crippen MR) is 112 cm³/mol. The maximum Gasteiger partial charge on any atom is 0.295 e. The van der Waals surface area contributed by atoms with Gasteiger partial charge in [-0.15, -0.1) is 0 Å². The number of allylic oxidation sites excluding steroid dienone is 2. The van der Waals surface area contributed by atoms with Crippen LogP contribution in [0.25, 0.3) is 16.5 Å². The van der Waals surface area contributed by atoms with Crippen LogP contribution in [0, 0.1) is 5.92 Å². The first-order chi connectivity index (χ1) is 13.7. The van der Waals surface area contributed by atoms with Crippen molar-refractivity contribution in [3.63, 3.8) is 0 Å². The van der Waals surface area contributed by atoms with E-state index in [9.17, 15) is 9.59 Å². The molecule has 0 saturated carbocycles. The van der Waals surface area contributed by atoms with Crippen molar-refractivity contribution in [3.05, 3.63) is 78.0 Å². The molecule has 3 aromatic rings. The third-order valence-corrected chi connectivity index (χ3v) is 5.67. The monoisotopic (exact) mass is 372 g/mol. The third kappa shape index (κ3) is 3.38. The van der Waals surface area contributed by atoms with Crippen LogP contribution in [0.2, 0.25) is 0 Å². The van der Waals surface area contributed by atoms with Crippen LogP contribution in [0.5, 0.6) is 0 Å². The van der Waals surface area contributed by atoms with Gasteiger partial charge in [0, 0.05) is 30.2 Å². The van der Waals surface area contributed by atoms with Gasteiger partial charge in [0.15, 0.2) is 0 Å². The maximum absolute atomic E-state index is 12.8. The number of ketones is 1. The van der Waals surface area contributed by atoms with Gasteiger partial charge in [-0.05, 0) is 42.9 Å². The number of carbonyl (C=O) groups is 2. The number of Topliss-reactive ketones (excluding diaryl/α,β-unsaturated/α-hetero) is 1. The van der Waals surface area contributed by atoms with Gasteiger partial charge in [0.1, 0.15) is 0 Å². The molecular weight excluding hydrogens is 348 g/mol.